The highest BCUT2D eigenvalue weighted by atomic mass is 16.5. The van der Waals surface area contributed by atoms with Crippen molar-refractivity contribution in [1.82, 2.24) is 5.32 Å². The maximum Gasteiger partial charge on any atom is 0.220 e. The number of methoxy groups -OCH3 is 1. The quantitative estimate of drug-likeness (QED) is 0.604. The Kier molecular flexibility index (Phi) is 7.92. The van der Waals surface area contributed by atoms with E-state index in [9.17, 15) is 15.0 Å². The van der Waals surface area contributed by atoms with Crippen molar-refractivity contribution in [2.45, 2.75) is 25.6 Å². The number of nitrogens with one attached hydrogen (secondary N) is 1. The van der Waals surface area contributed by atoms with Gasteiger partial charge < -0.3 is 25.0 Å². The molecule has 0 aliphatic carbocycles. The van der Waals surface area contributed by atoms with Crippen molar-refractivity contribution in [3.8, 4) is 11.5 Å². The van der Waals surface area contributed by atoms with Crippen LogP contribution in [0, 0.1) is 0 Å². The molecule has 2 aromatic rings. The Morgan fingerprint density at radius 3 is 2.58 bits per heavy atom. The molecule has 0 aliphatic rings. The summed E-state index contributed by atoms with van der Waals surface area (Å²) in [5, 5.41) is 22.2. The zero-order valence-corrected chi connectivity index (χ0v) is 14.9. The monoisotopic (exact) mass is 359 g/mol. The molecular formula is C20H25NO5. The summed E-state index contributed by atoms with van der Waals surface area (Å²) in [5.41, 5.74) is 1.70. The Balaban J connectivity index is 1.60. The molecule has 1 atom stereocenters. The lowest BCUT2D eigenvalue weighted by Gasteiger charge is -2.13. The van der Waals surface area contributed by atoms with Gasteiger partial charge in [-0.05, 0) is 35.7 Å². The minimum atomic E-state index is -0.776. The van der Waals surface area contributed by atoms with E-state index < -0.39 is 6.10 Å². The van der Waals surface area contributed by atoms with E-state index in [2.05, 4.69) is 5.32 Å². The van der Waals surface area contributed by atoms with Gasteiger partial charge in [0.15, 0.2) is 0 Å². The van der Waals surface area contributed by atoms with Crippen LogP contribution in [0.1, 0.15) is 17.5 Å². The summed E-state index contributed by atoms with van der Waals surface area (Å²) >= 11 is 0. The van der Waals surface area contributed by atoms with Gasteiger partial charge in [0.2, 0.25) is 5.91 Å². The molecule has 6 heteroatoms. The van der Waals surface area contributed by atoms with Crippen molar-refractivity contribution in [3.63, 3.8) is 0 Å². The molecule has 0 saturated carbocycles. The third-order valence-electron chi connectivity index (χ3n) is 3.89. The number of phenols is 1. The van der Waals surface area contributed by atoms with Gasteiger partial charge in [-0.15, -0.1) is 0 Å². The number of aryl methyl sites for hydroxylation is 1. The van der Waals surface area contributed by atoms with E-state index in [1.165, 1.54) is 0 Å². The first kappa shape index (κ1) is 19.8. The predicted molar refractivity (Wildman–Crippen MR) is 98.1 cm³/mol. The van der Waals surface area contributed by atoms with Crippen LogP contribution in [0.2, 0.25) is 0 Å². The van der Waals surface area contributed by atoms with Gasteiger partial charge in [-0.2, -0.15) is 0 Å². The normalized spacial score (nSPS) is 11.8. The Morgan fingerprint density at radius 2 is 1.88 bits per heavy atom. The van der Waals surface area contributed by atoms with E-state index in [1.807, 2.05) is 30.3 Å². The fraction of sp³-hybridized carbons (Fsp3) is 0.350. The number of para-hydroxylation sites is 1. The van der Waals surface area contributed by atoms with Crippen LogP contribution >= 0.6 is 0 Å². The van der Waals surface area contributed by atoms with E-state index in [0.29, 0.717) is 13.0 Å². The van der Waals surface area contributed by atoms with Gasteiger partial charge >= 0.3 is 0 Å². The van der Waals surface area contributed by atoms with Gasteiger partial charge in [0, 0.05) is 13.0 Å². The van der Waals surface area contributed by atoms with E-state index in [4.69, 9.17) is 9.47 Å². The van der Waals surface area contributed by atoms with Crippen LogP contribution in [0.3, 0.4) is 0 Å². The van der Waals surface area contributed by atoms with Gasteiger partial charge in [0.1, 0.15) is 11.5 Å². The van der Waals surface area contributed by atoms with Gasteiger partial charge in [0.05, 0.1) is 26.4 Å². The van der Waals surface area contributed by atoms with E-state index >= 15 is 0 Å². The molecule has 0 saturated heterocycles. The maximum absolute atomic E-state index is 11.8. The lowest BCUT2D eigenvalue weighted by Crippen LogP contribution is -2.34. The third-order valence-corrected chi connectivity index (χ3v) is 3.89. The second-order valence-electron chi connectivity index (χ2n) is 5.95. The van der Waals surface area contributed by atoms with Crippen molar-refractivity contribution in [1.29, 1.82) is 0 Å². The zero-order chi connectivity index (χ0) is 18.8. The number of ether oxygens (including phenoxy) is 2. The summed E-state index contributed by atoms with van der Waals surface area (Å²) in [6, 6.07) is 14.4. The molecule has 2 aromatic carbocycles. The summed E-state index contributed by atoms with van der Waals surface area (Å²) in [5.74, 6) is 0.787. The Bertz CT molecular complexity index is 687. The molecular weight excluding hydrogens is 334 g/mol. The average molecular weight is 359 g/mol. The number of aliphatic hydroxyl groups excluding tert-OH is 1. The molecule has 0 radical (unpaired) electrons. The molecule has 140 valence electrons. The molecule has 2 rings (SSSR count). The molecule has 6 nitrogen and oxygen atoms in total. The minimum absolute atomic E-state index is 0.127. The smallest absolute Gasteiger partial charge is 0.220 e. The molecule has 0 heterocycles. The lowest BCUT2D eigenvalue weighted by atomic mass is 10.1. The number of carbonyl (C=O) groups excluding carboxylic acids is 1. The molecule has 0 bridgehead atoms. The highest BCUT2D eigenvalue weighted by molar-refractivity contribution is 5.76. The topological polar surface area (TPSA) is 88.0 Å². The first-order chi connectivity index (χ1) is 12.6. The van der Waals surface area contributed by atoms with Crippen LogP contribution in [-0.4, -0.2) is 42.5 Å². The Hall–Kier alpha value is -2.57. The summed E-state index contributed by atoms with van der Waals surface area (Å²) in [6.07, 6.45) is -0.0816. The molecule has 26 heavy (non-hydrogen) atoms. The summed E-state index contributed by atoms with van der Waals surface area (Å²) < 4.78 is 10.5. The van der Waals surface area contributed by atoms with Crippen LogP contribution in [0.5, 0.6) is 11.5 Å². The third kappa shape index (κ3) is 6.74. The van der Waals surface area contributed by atoms with Crippen molar-refractivity contribution in [2.75, 3.05) is 20.3 Å². The zero-order valence-electron chi connectivity index (χ0n) is 14.9. The fourth-order valence-corrected chi connectivity index (χ4v) is 2.38. The number of carbonyl (C=O) groups is 1. The molecule has 0 fully saturated rings. The SMILES string of the molecule is COc1ccc(COCC(O)CNC(=O)CCc2ccccc2O)cc1. The number of amides is 1. The highest BCUT2D eigenvalue weighted by Gasteiger charge is 2.09. The summed E-state index contributed by atoms with van der Waals surface area (Å²) in [4.78, 5) is 11.8. The first-order valence-corrected chi connectivity index (χ1v) is 8.51. The minimum Gasteiger partial charge on any atom is -0.508 e. The standard InChI is InChI=1S/C20H25NO5/c1-25-18-9-6-15(7-10-18)13-26-14-17(22)12-21-20(24)11-8-16-4-2-3-5-19(16)23/h2-7,9-10,17,22-23H,8,11-14H2,1H3,(H,21,24). The highest BCUT2D eigenvalue weighted by Crippen LogP contribution is 2.17. The second kappa shape index (κ2) is 10.4. The first-order valence-electron chi connectivity index (χ1n) is 8.51. The van der Waals surface area contributed by atoms with E-state index in [1.54, 1.807) is 25.3 Å². The van der Waals surface area contributed by atoms with Crippen molar-refractivity contribution in [2.24, 2.45) is 0 Å². The van der Waals surface area contributed by atoms with Crippen LogP contribution in [0.25, 0.3) is 0 Å². The average Bonchev–Trinajstić information content (AvgIpc) is 2.66. The lowest BCUT2D eigenvalue weighted by molar-refractivity contribution is -0.121. The molecule has 0 aliphatic heterocycles. The van der Waals surface area contributed by atoms with Crippen LogP contribution in [-0.2, 0) is 22.6 Å². The Labute approximate surface area is 153 Å². The summed E-state index contributed by atoms with van der Waals surface area (Å²) in [6.45, 7) is 0.635. The maximum atomic E-state index is 11.8. The second-order valence-corrected chi connectivity index (χ2v) is 5.95. The number of phenolic OH excluding ortho intramolecular Hbond substituents is 1. The van der Waals surface area contributed by atoms with Gasteiger partial charge in [-0.3, -0.25) is 4.79 Å². The number of benzene rings is 2. The molecule has 1 unspecified atom stereocenters. The number of rotatable bonds is 10. The molecule has 0 aromatic heterocycles. The number of hydrogen-bond acceptors (Lipinski definition) is 5. The largest absolute Gasteiger partial charge is 0.508 e. The predicted octanol–water partition coefficient (Wildman–Crippen LogP) is 2.03. The van der Waals surface area contributed by atoms with E-state index in [0.717, 1.165) is 16.9 Å². The van der Waals surface area contributed by atoms with Gasteiger partial charge in [0.25, 0.3) is 0 Å². The number of aliphatic hydroxyl groups is 1. The van der Waals surface area contributed by atoms with Gasteiger partial charge in [-0.25, -0.2) is 0 Å². The number of hydrogen-bond donors (Lipinski definition) is 3. The Morgan fingerprint density at radius 1 is 1.15 bits per heavy atom. The van der Waals surface area contributed by atoms with Crippen molar-refractivity contribution in [3.05, 3.63) is 59.7 Å². The van der Waals surface area contributed by atoms with Crippen LogP contribution in [0.15, 0.2) is 48.5 Å². The van der Waals surface area contributed by atoms with Crippen LogP contribution < -0.4 is 10.1 Å². The molecule has 1 amide bonds. The van der Waals surface area contributed by atoms with Crippen molar-refractivity contribution >= 4 is 5.91 Å². The van der Waals surface area contributed by atoms with Crippen molar-refractivity contribution < 1.29 is 24.5 Å². The van der Waals surface area contributed by atoms with E-state index in [-0.39, 0.29) is 31.2 Å². The number of aromatic hydroxyl groups is 1. The summed E-state index contributed by atoms with van der Waals surface area (Å²) in [7, 11) is 1.61. The van der Waals surface area contributed by atoms with Crippen LogP contribution in [0.4, 0.5) is 0 Å². The van der Waals surface area contributed by atoms with Gasteiger partial charge in [-0.1, -0.05) is 30.3 Å². The molecule has 0 spiro atoms. The fourth-order valence-electron chi connectivity index (χ4n) is 2.38. The molecule has 3 N–H and O–H groups in total.